The molecule has 0 fully saturated rings. The van der Waals surface area contributed by atoms with Gasteiger partial charge in [-0.05, 0) is 6.42 Å². The Bertz CT molecular complexity index is 323. The zero-order valence-electron chi connectivity index (χ0n) is 15.7. The Balaban J connectivity index is 3.03. The number of sulfone groups is 1. The van der Waals surface area contributed by atoms with Gasteiger partial charge in [0.15, 0.2) is 0 Å². The van der Waals surface area contributed by atoms with E-state index in [1.54, 1.807) is 0 Å². The molecule has 0 heterocycles. The molecule has 139 valence electrons. The minimum absolute atomic E-state index is 0.364. The normalized spacial score (nSPS) is 11.9. The van der Waals surface area contributed by atoms with Crippen LogP contribution in [0.2, 0.25) is 0 Å². The molecular weight excluding hydrogens is 304 g/mol. The number of hydrogen-bond acceptors (Lipinski definition) is 2. The quantitative estimate of drug-likeness (QED) is 0.266. The van der Waals surface area contributed by atoms with E-state index in [9.17, 15) is 8.42 Å². The van der Waals surface area contributed by atoms with Crippen LogP contribution in [0.1, 0.15) is 109 Å². The van der Waals surface area contributed by atoms with Crippen LogP contribution in [-0.4, -0.2) is 20.4 Å². The third-order valence-electron chi connectivity index (χ3n) is 4.52. The first-order valence-electron chi connectivity index (χ1n) is 10.0. The van der Waals surface area contributed by atoms with Crippen LogP contribution in [-0.2, 0) is 9.84 Å². The topological polar surface area (TPSA) is 34.1 Å². The summed E-state index contributed by atoms with van der Waals surface area (Å²) in [5.74, 6) is 0.364. The predicted molar refractivity (Wildman–Crippen MR) is 104 cm³/mol. The Labute approximate surface area is 146 Å². The summed E-state index contributed by atoms with van der Waals surface area (Å²) in [5.41, 5.74) is 0. The zero-order valence-corrected chi connectivity index (χ0v) is 16.5. The van der Waals surface area contributed by atoms with Crippen LogP contribution in [0.4, 0.5) is 0 Å². The molecule has 23 heavy (non-hydrogen) atoms. The van der Waals surface area contributed by atoms with Crippen LogP contribution in [0.3, 0.4) is 0 Å². The molecule has 0 unspecified atom stereocenters. The van der Waals surface area contributed by atoms with Gasteiger partial charge in [-0.1, -0.05) is 110 Å². The third kappa shape index (κ3) is 21.9. The maximum atomic E-state index is 11.0. The summed E-state index contributed by atoms with van der Waals surface area (Å²) < 4.78 is 22.0. The molecule has 2 nitrogen and oxygen atoms in total. The van der Waals surface area contributed by atoms with Crippen molar-refractivity contribution in [3.8, 4) is 0 Å². The maximum Gasteiger partial charge on any atom is 0.147 e. The van der Waals surface area contributed by atoms with E-state index in [4.69, 9.17) is 0 Å². The van der Waals surface area contributed by atoms with Gasteiger partial charge in [0, 0.05) is 12.0 Å². The summed E-state index contributed by atoms with van der Waals surface area (Å²) >= 11 is 0. The molecule has 0 saturated carbocycles. The van der Waals surface area contributed by atoms with Crippen molar-refractivity contribution in [1.29, 1.82) is 0 Å². The molecule has 0 spiro atoms. The Hall–Kier alpha value is -0.0500. The summed E-state index contributed by atoms with van der Waals surface area (Å²) in [6.07, 6.45) is 23.4. The van der Waals surface area contributed by atoms with E-state index in [-0.39, 0.29) is 0 Å². The third-order valence-corrected chi connectivity index (χ3v) is 5.55. The van der Waals surface area contributed by atoms with Crippen LogP contribution in [0.25, 0.3) is 0 Å². The fraction of sp³-hybridized carbons (Fsp3) is 0.950. The van der Waals surface area contributed by atoms with Crippen molar-refractivity contribution in [3.05, 3.63) is 6.92 Å². The van der Waals surface area contributed by atoms with Crippen molar-refractivity contribution in [2.24, 2.45) is 0 Å². The standard InChI is InChI=1S/C20H41O2S/c1-3-4-5-6-7-8-9-10-11-12-13-14-15-16-17-18-19-20-23(2,21)22/h1,3-20H2,2H3. The van der Waals surface area contributed by atoms with Gasteiger partial charge in [-0.2, -0.15) is 0 Å². The lowest BCUT2D eigenvalue weighted by Gasteiger charge is -2.03. The van der Waals surface area contributed by atoms with E-state index in [1.807, 2.05) is 0 Å². The second-order valence-corrected chi connectivity index (χ2v) is 9.40. The average Bonchev–Trinajstić information content (AvgIpc) is 2.49. The summed E-state index contributed by atoms with van der Waals surface area (Å²) in [6, 6.07) is 0. The molecule has 0 saturated heterocycles. The lowest BCUT2D eigenvalue weighted by Crippen LogP contribution is -2.02. The van der Waals surface area contributed by atoms with E-state index in [0.29, 0.717) is 5.75 Å². The van der Waals surface area contributed by atoms with Crippen molar-refractivity contribution in [2.45, 2.75) is 109 Å². The molecule has 0 rings (SSSR count). The van der Waals surface area contributed by atoms with Gasteiger partial charge in [0.05, 0.1) is 0 Å². The highest BCUT2D eigenvalue weighted by atomic mass is 32.2. The predicted octanol–water partition coefficient (Wildman–Crippen LogP) is 6.50. The summed E-state index contributed by atoms with van der Waals surface area (Å²) in [7, 11) is -2.75. The number of rotatable bonds is 18. The van der Waals surface area contributed by atoms with Gasteiger partial charge in [0.1, 0.15) is 9.84 Å². The Morgan fingerprint density at radius 3 is 1.04 bits per heavy atom. The lowest BCUT2D eigenvalue weighted by molar-refractivity contribution is 0.529. The maximum absolute atomic E-state index is 11.0. The van der Waals surface area contributed by atoms with Gasteiger partial charge in [-0.3, -0.25) is 0 Å². The first-order valence-corrected chi connectivity index (χ1v) is 12.1. The van der Waals surface area contributed by atoms with Crippen LogP contribution in [0.5, 0.6) is 0 Å². The monoisotopic (exact) mass is 345 g/mol. The smallest absolute Gasteiger partial charge is 0.147 e. The largest absolute Gasteiger partial charge is 0.229 e. The number of unbranched alkanes of at least 4 members (excludes halogenated alkanes) is 16. The molecule has 0 aromatic heterocycles. The van der Waals surface area contributed by atoms with Crippen LogP contribution < -0.4 is 0 Å². The lowest BCUT2D eigenvalue weighted by atomic mass is 10.0. The van der Waals surface area contributed by atoms with E-state index in [2.05, 4.69) is 6.92 Å². The van der Waals surface area contributed by atoms with Gasteiger partial charge in [-0.25, -0.2) is 8.42 Å². The van der Waals surface area contributed by atoms with E-state index in [0.717, 1.165) is 19.3 Å². The molecule has 0 amide bonds. The Morgan fingerprint density at radius 1 is 0.522 bits per heavy atom. The van der Waals surface area contributed by atoms with Crippen molar-refractivity contribution >= 4 is 9.84 Å². The summed E-state index contributed by atoms with van der Waals surface area (Å²) in [4.78, 5) is 0. The molecule has 0 N–H and O–H groups in total. The van der Waals surface area contributed by atoms with Crippen LogP contribution in [0, 0.1) is 6.92 Å². The molecule has 0 aliphatic heterocycles. The molecule has 0 aliphatic carbocycles. The minimum atomic E-state index is -2.75. The fourth-order valence-electron chi connectivity index (χ4n) is 3.02. The van der Waals surface area contributed by atoms with Gasteiger partial charge in [-0.15, -0.1) is 0 Å². The van der Waals surface area contributed by atoms with E-state index < -0.39 is 9.84 Å². The second kappa shape index (κ2) is 16.8. The SMILES string of the molecule is [CH2]CCCCCCCCCCCCCCCCCCS(C)(=O)=O. The van der Waals surface area contributed by atoms with Gasteiger partial charge in [0.2, 0.25) is 0 Å². The first-order chi connectivity index (χ1) is 11.1. The number of hydrogen-bond donors (Lipinski definition) is 0. The van der Waals surface area contributed by atoms with Gasteiger partial charge < -0.3 is 0 Å². The molecule has 0 aliphatic rings. The first kappa shape index (κ1) is 22.9. The van der Waals surface area contributed by atoms with Crippen molar-refractivity contribution in [1.82, 2.24) is 0 Å². The van der Waals surface area contributed by atoms with Crippen molar-refractivity contribution in [3.63, 3.8) is 0 Å². The van der Waals surface area contributed by atoms with Crippen LogP contribution in [0.15, 0.2) is 0 Å². The van der Waals surface area contributed by atoms with Crippen LogP contribution >= 0.6 is 0 Å². The van der Waals surface area contributed by atoms with E-state index >= 15 is 0 Å². The molecule has 0 atom stereocenters. The molecule has 1 radical (unpaired) electrons. The Morgan fingerprint density at radius 2 is 0.783 bits per heavy atom. The summed E-state index contributed by atoms with van der Waals surface area (Å²) in [5, 5.41) is 0. The van der Waals surface area contributed by atoms with E-state index in [1.165, 1.54) is 96.1 Å². The highest BCUT2D eigenvalue weighted by Gasteiger charge is 2.00. The molecule has 0 aromatic rings. The van der Waals surface area contributed by atoms with Crippen molar-refractivity contribution < 1.29 is 8.42 Å². The fourth-order valence-corrected chi connectivity index (χ4v) is 3.74. The molecular formula is C20H41O2S. The minimum Gasteiger partial charge on any atom is -0.229 e. The second-order valence-electron chi connectivity index (χ2n) is 7.14. The molecule has 3 heteroatoms. The highest BCUT2D eigenvalue weighted by molar-refractivity contribution is 7.90. The average molecular weight is 346 g/mol. The Kier molecular flexibility index (Phi) is 16.8. The van der Waals surface area contributed by atoms with Crippen molar-refractivity contribution in [2.75, 3.05) is 12.0 Å². The highest BCUT2D eigenvalue weighted by Crippen LogP contribution is 2.14. The molecule has 0 bridgehead atoms. The molecule has 0 aromatic carbocycles. The van der Waals surface area contributed by atoms with Gasteiger partial charge in [0.25, 0.3) is 0 Å². The summed E-state index contributed by atoms with van der Waals surface area (Å²) in [6.45, 7) is 3.88. The van der Waals surface area contributed by atoms with Gasteiger partial charge >= 0.3 is 0 Å². The zero-order chi connectivity index (χ0) is 17.2.